The predicted octanol–water partition coefficient (Wildman–Crippen LogP) is 1.56. The Hall–Kier alpha value is -1.36. The first kappa shape index (κ1) is 14.1. The summed E-state index contributed by atoms with van der Waals surface area (Å²) in [6.45, 7) is 6.77. The Kier molecular flexibility index (Phi) is 4.58. The Morgan fingerprint density at radius 2 is 2.21 bits per heavy atom. The second-order valence-corrected chi connectivity index (χ2v) is 5.22. The van der Waals surface area contributed by atoms with E-state index in [1.165, 1.54) is 19.3 Å². The molecule has 0 radical (unpaired) electrons. The average molecular weight is 263 g/mol. The molecular weight excluding hydrogens is 238 g/mol. The van der Waals surface area contributed by atoms with Crippen LogP contribution in [0.15, 0.2) is 6.07 Å². The molecule has 0 spiro atoms. The van der Waals surface area contributed by atoms with E-state index in [0.29, 0.717) is 12.6 Å². The zero-order valence-corrected chi connectivity index (χ0v) is 12.3. The molecule has 5 nitrogen and oxygen atoms in total. The van der Waals surface area contributed by atoms with Gasteiger partial charge in [0, 0.05) is 38.8 Å². The standard InChI is InChI=1S/C14H25N5/c1-4-18(3)13-9-14(17-11(2)16-13)19-8-6-5-7-12(19)10-15/h9,12H,4-8,10,15H2,1-3H3. The summed E-state index contributed by atoms with van der Waals surface area (Å²) in [7, 11) is 2.06. The van der Waals surface area contributed by atoms with Crippen LogP contribution in [0.5, 0.6) is 0 Å². The van der Waals surface area contributed by atoms with Gasteiger partial charge in [0.1, 0.15) is 17.5 Å². The SMILES string of the molecule is CCN(C)c1cc(N2CCCCC2CN)nc(C)n1. The molecule has 2 N–H and O–H groups in total. The van der Waals surface area contributed by atoms with Crippen molar-refractivity contribution < 1.29 is 0 Å². The Morgan fingerprint density at radius 1 is 1.42 bits per heavy atom. The van der Waals surface area contributed by atoms with Crippen molar-refractivity contribution in [3.05, 3.63) is 11.9 Å². The van der Waals surface area contributed by atoms with E-state index >= 15 is 0 Å². The summed E-state index contributed by atoms with van der Waals surface area (Å²) in [4.78, 5) is 13.6. The third-order valence-electron chi connectivity index (χ3n) is 3.87. The van der Waals surface area contributed by atoms with Gasteiger partial charge in [0.15, 0.2) is 0 Å². The van der Waals surface area contributed by atoms with Crippen molar-refractivity contribution in [3.63, 3.8) is 0 Å². The van der Waals surface area contributed by atoms with E-state index in [1.54, 1.807) is 0 Å². The van der Waals surface area contributed by atoms with Gasteiger partial charge in [-0.15, -0.1) is 0 Å². The van der Waals surface area contributed by atoms with Crippen molar-refractivity contribution in [1.82, 2.24) is 9.97 Å². The first-order chi connectivity index (χ1) is 9.15. The van der Waals surface area contributed by atoms with Crippen molar-refractivity contribution in [3.8, 4) is 0 Å². The minimum Gasteiger partial charge on any atom is -0.360 e. The third kappa shape index (κ3) is 3.15. The van der Waals surface area contributed by atoms with Gasteiger partial charge in [-0.3, -0.25) is 0 Å². The Morgan fingerprint density at radius 3 is 2.89 bits per heavy atom. The van der Waals surface area contributed by atoms with Crippen LogP contribution in [0, 0.1) is 6.92 Å². The van der Waals surface area contributed by atoms with Crippen molar-refractivity contribution in [2.75, 3.05) is 36.5 Å². The molecule has 1 aliphatic heterocycles. The number of nitrogens with zero attached hydrogens (tertiary/aromatic N) is 4. The minimum absolute atomic E-state index is 0.419. The minimum atomic E-state index is 0.419. The molecule has 1 aliphatic rings. The molecule has 0 aliphatic carbocycles. The first-order valence-electron chi connectivity index (χ1n) is 7.19. The lowest BCUT2D eigenvalue weighted by molar-refractivity contribution is 0.461. The molecule has 0 amide bonds. The molecule has 1 unspecified atom stereocenters. The number of anilines is 2. The number of nitrogens with two attached hydrogens (primary N) is 1. The summed E-state index contributed by atoms with van der Waals surface area (Å²) in [6, 6.07) is 2.51. The fourth-order valence-electron chi connectivity index (χ4n) is 2.59. The largest absolute Gasteiger partial charge is 0.360 e. The van der Waals surface area contributed by atoms with Crippen LogP contribution < -0.4 is 15.5 Å². The van der Waals surface area contributed by atoms with Crippen LogP contribution in [0.4, 0.5) is 11.6 Å². The summed E-state index contributed by atoms with van der Waals surface area (Å²) in [6.07, 6.45) is 3.65. The number of piperidine rings is 1. The van der Waals surface area contributed by atoms with E-state index < -0.39 is 0 Å². The molecule has 5 heteroatoms. The summed E-state index contributed by atoms with van der Waals surface area (Å²) in [5.41, 5.74) is 5.90. The predicted molar refractivity (Wildman–Crippen MR) is 79.8 cm³/mol. The van der Waals surface area contributed by atoms with Crippen LogP contribution >= 0.6 is 0 Å². The Balaban J connectivity index is 2.30. The first-order valence-corrected chi connectivity index (χ1v) is 7.19. The monoisotopic (exact) mass is 263 g/mol. The molecule has 1 atom stereocenters. The highest BCUT2D eigenvalue weighted by Gasteiger charge is 2.23. The van der Waals surface area contributed by atoms with Crippen LogP contribution in [0.25, 0.3) is 0 Å². The maximum Gasteiger partial charge on any atom is 0.134 e. The molecule has 19 heavy (non-hydrogen) atoms. The lowest BCUT2D eigenvalue weighted by Gasteiger charge is -2.36. The van der Waals surface area contributed by atoms with E-state index in [1.807, 2.05) is 6.92 Å². The maximum atomic E-state index is 5.90. The number of hydrogen-bond acceptors (Lipinski definition) is 5. The highest BCUT2D eigenvalue weighted by atomic mass is 15.3. The van der Waals surface area contributed by atoms with Gasteiger partial charge in [-0.05, 0) is 33.1 Å². The van der Waals surface area contributed by atoms with Crippen molar-refractivity contribution in [1.29, 1.82) is 0 Å². The van der Waals surface area contributed by atoms with Crippen LogP contribution in [-0.2, 0) is 0 Å². The van der Waals surface area contributed by atoms with E-state index in [-0.39, 0.29) is 0 Å². The maximum absolute atomic E-state index is 5.90. The highest BCUT2D eigenvalue weighted by Crippen LogP contribution is 2.25. The molecular formula is C14H25N5. The Bertz CT molecular complexity index is 420. The van der Waals surface area contributed by atoms with Gasteiger partial charge in [0.05, 0.1) is 0 Å². The van der Waals surface area contributed by atoms with Gasteiger partial charge in [-0.1, -0.05) is 0 Å². The van der Waals surface area contributed by atoms with Crippen molar-refractivity contribution >= 4 is 11.6 Å². The summed E-state index contributed by atoms with van der Waals surface area (Å²) in [5.74, 6) is 2.85. The van der Waals surface area contributed by atoms with Gasteiger partial charge in [-0.25, -0.2) is 9.97 Å². The molecule has 1 fully saturated rings. The van der Waals surface area contributed by atoms with Gasteiger partial charge in [-0.2, -0.15) is 0 Å². The second kappa shape index (κ2) is 6.19. The van der Waals surface area contributed by atoms with Crippen LogP contribution in [0.1, 0.15) is 32.0 Å². The van der Waals surface area contributed by atoms with Gasteiger partial charge in [0.25, 0.3) is 0 Å². The second-order valence-electron chi connectivity index (χ2n) is 5.22. The van der Waals surface area contributed by atoms with Gasteiger partial charge >= 0.3 is 0 Å². The third-order valence-corrected chi connectivity index (χ3v) is 3.87. The van der Waals surface area contributed by atoms with E-state index in [2.05, 4.69) is 39.8 Å². The van der Waals surface area contributed by atoms with Crippen molar-refractivity contribution in [2.45, 2.75) is 39.2 Å². The number of aryl methyl sites for hydroxylation is 1. The fraction of sp³-hybridized carbons (Fsp3) is 0.714. The molecule has 0 bridgehead atoms. The van der Waals surface area contributed by atoms with Gasteiger partial charge in [0.2, 0.25) is 0 Å². The topological polar surface area (TPSA) is 58.3 Å². The van der Waals surface area contributed by atoms with E-state index in [4.69, 9.17) is 5.73 Å². The van der Waals surface area contributed by atoms with Crippen molar-refractivity contribution in [2.24, 2.45) is 5.73 Å². The molecule has 0 saturated carbocycles. The lowest BCUT2D eigenvalue weighted by Crippen LogP contribution is -2.44. The average Bonchev–Trinajstić information content (AvgIpc) is 2.45. The summed E-state index contributed by atoms with van der Waals surface area (Å²) < 4.78 is 0. The number of aromatic nitrogens is 2. The molecule has 2 rings (SSSR count). The number of hydrogen-bond donors (Lipinski definition) is 1. The summed E-state index contributed by atoms with van der Waals surface area (Å²) in [5, 5.41) is 0. The molecule has 106 valence electrons. The molecule has 1 aromatic rings. The molecule has 0 aromatic carbocycles. The Labute approximate surface area is 115 Å². The quantitative estimate of drug-likeness (QED) is 0.893. The zero-order valence-electron chi connectivity index (χ0n) is 12.3. The molecule has 2 heterocycles. The molecule has 1 aromatic heterocycles. The van der Waals surface area contributed by atoms with Crippen LogP contribution in [0.3, 0.4) is 0 Å². The van der Waals surface area contributed by atoms with Gasteiger partial charge < -0.3 is 15.5 Å². The fourth-order valence-corrected chi connectivity index (χ4v) is 2.59. The molecule has 1 saturated heterocycles. The number of rotatable bonds is 4. The zero-order chi connectivity index (χ0) is 13.8. The van der Waals surface area contributed by atoms with E-state index in [9.17, 15) is 0 Å². The normalized spacial score (nSPS) is 19.6. The van der Waals surface area contributed by atoms with Crippen LogP contribution in [-0.4, -0.2) is 42.7 Å². The van der Waals surface area contributed by atoms with Crippen LogP contribution in [0.2, 0.25) is 0 Å². The van der Waals surface area contributed by atoms with E-state index in [0.717, 1.165) is 30.5 Å². The summed E-state index contributed by atoms with van der Waals surface area (Å²) >= 11 is 0. The highest BCUT2D eigenvalue weighted by molar-refractivity contribution is 5.51. The lowest BCUT2D eigenvalue weighted by atomic mass is 10.0. The smallest absolute Gasteiger partial charge is 0.134 e.